The Bertz CT molecular complexity index is 441. The maximum absolute atomic E-state index is 12.0. The van der Waals surface area contributed by atoms with Gasteiger partial charge in [-0.3, -0.25) is 4.79 Å². The van der Waals surface area contributed by atoms with Crippen molar-refractivity contribution in [3.63, 3.8) is 0 Å². The number of nitrogens with one attached hydrogen (secondary N) is 1. The summed E-state index contributed by atoms with van der Waals surface area (Å²) >= 11 is 0. The molecule has 1 saturated heterocycles. The Balaban J connectivity index is 1.95. The van der Waals surface area contributed by atoms with E-state index in [1.165, 1.54) is 18.5 Å². The second-order valence-corrected chi connectivity index (χ2v) is 5.48. The minimum absolute atomic E-state index is 0.0861. The van der Waals surface area contributed by atoms with Crippen LogP contribution in [0.15, 0.2) is 24.3 Å². The number of nitrogens with zero attached hydrogens (tertiary/aromatic N) is 1. The highest BCUT2D eigenvalue weighted by Crippen LogP contribution is 2.23. The number of carbonyl (C=O) groups excluding carboxylic acids is 1. The Morgan fingerprint density at radius 1 is 1.40 bits per heavy atom. The fraction of sp³-hybridized carbons (Fsp3) is 0.562. The van der Waals surface area contributed by atoms with Crippen molar-refractivity contribution in [1.29, 1.82) is 0 Å². The molecular formula is C16H25N3O. The first-order chi connectivity index (χ1) is 9.70. The van der Waals surface area contributed by atoms with Gasteiger partial charge in [-0.05, 0) is 37.5 Å². The smallest absolute Gasteiger partial charge is 0.241 e. The second kappa shape index (κ2) is 7.29. The van der Waals surface area contributed by atoms with E-state index in [0.717, 1.165) is 38.0 Å². The Morgan fingerprint density at radius 3 is 2.85 bits per heavy atom. The molecule has 0 aromatic heterocycles. The predicted molar refractivity (Wildman–Crippen MR) is 84.0 cm³/mol. The maximum Gasteiger partial charge on any atom is 0.241 e. The van der Waals surface area contributed by atoms with E-state index in [1.54, 1.807) is 0 Å². The summed E-state index contributed by atoms with van der Waals surface area (Å²) in [6.45, 7) is 4.31. The Hall–Kier alpha value is -1.55. The van der Waals surface area contributed by atoms with Crippen LogP contribution >= 0.6 is 0 Å². The molecule has 1 heterocycles. The number of hydrogen-bond acceptors (Lipinski definition) is 3. The summed E-state index contributed by atoms with van der Waals surface area (Å²) in [5.41, 5.74) is 7.91. The Morgan fingerprint density at radius 2 is 2.15 bits per heavy atom. The van der Waals surface area contributed by atoms with Crippen molar-refractivity contribution in [1.82, 2.24) is 0 Å². The van der Waals surface area contributed by atoms with Gasteiger partial charge < -0.3 is 16.0 Å². The molecule has 1 aromatic carbocycles. The first-order valence-electron chi connectivity index (χ1n) is 7.62. The van der Waals surface area contributed by atoms with Crippen LogP contribution in [0.3, 0.4) is 0 Å². The molecule has 1 fully saturated rings. The van der Waals surface area contributed by atoms with Gasteiger partial charge in [0.15, 0.2) is 0 Å². The average Bonchev–Trinajstić information content (AvgIpc) is 2.99. The van der Waals surface area contributed by atoms with E-state index >= 15 is 0 Å². The molecule has 1 atom stereocenters. The normalized spacial score (nSPS) is 16.2. The molecule has 4 heteroatoms. The van der Waals surface area contributed by atoms with Crippen LogP contribution in [0.5, 0.6) is 0 Å². The zero-order valence-corrected chi connectivity index (χ0v) is 12.3. The van der Waals surface area contributed by atoms with E-state index in [0.29, 0.717) is 0 Å². The van der Waals surface area contributed by atoms with Crippen LogP contribution in [-0.2, 0) is 4.79 Å². The molecule has 1 aliphatic heterocycles. The fourth-order valence-corrected chi connectivity index (χ4v) is 2.55. The SMILES string of the molecule is CCCC[C@H](N)C(=O)Nc1cccc(N2CCCC2)c1. The van der Waals surface area contributed by atoms with Gasteiger partial charge in [0, 0.05) is 24.5 Å². The predicted octanol–water partition coefficient (Wildman–Crippen LogP) is 2.74. The van der Waals surface area contributed by atoms with Crippen molar-refractivity contribution in [3.05, 3.63) is 24.3 Å². The molecule has 0 unspecified atom stereocenters. The average molecular weight is 275 g/mol. The first-order valence-corrected chi connectivity index (χ1v) is 7.62. The topological polar surface area (TPSA) is 58.4 Å². The van der Waals surface area contributed by atoms with Crippen molar-refractivity contribution >= 4 is 17.3 Å². The van der Waals surface area contributed by atoms with Gasteiger partial charge in [-0.2, -0.15) is 0 Å². The number of carbonyl (C=O) groups is 1. The molecule has 110 valence electrons. The lowest BCUT2D eigenvalue weighted by Gasteiger charge is -2.19. The quantitative estimate of drug-likeness (QED) is 0.839. The van der Waals surface area contributed by atoms with Crippen LogP contribution in [0.1, 0.15) is 39.0 Å². The Kier molecular flexibility index (Phi) is 5.41. The fourth-order valence-electron chi connectivity index (χ4n) is 2.55. The molecule has 0 spiro atoms. The van der Waals surface area contributed by atoms with Gasteiger partial charge in [0.25, 0.3) is 0 Å². The monoisotopic (exact) mass is 275 g/mol. The third-order valence-electron chi connectivity index (χ3n) is 3.79. The molecule has 3 N–H and O–H groups in total. The van der Waals surface area contributed by atoms with E-state index in [1.807, 2.05) is 18.2 Å². The van der Waals surface area contributed by atoms with Crippen LogP contribution in [0.2, 0.25) is 0 Å². The number of anilines is 2. The summed E-state index contributed by atoms with van der Waals surface area (Å²) in [6, 6.07) is 7.63. The zero-order chi connectivity index (χ0) is 14.4. The van der Waals surface area contributed by atoms with Crippen molar-refractivity contribution in [2.75, 3.05) is 23.3 Å². The maximum atomic E-state index is 12.0. The van der Waals surface area contributed by atoms with Gasteiger partial charge in [0.2, 0.25) is 5.91 Å². The largest absolute Gasteiger partial charge is 0.371 e. The van der Waals surface area contributed by atoms with Gasteiger partial charge in [-0.1, -0.05) is 25.8 Å². The number of hydrogen-bond donors (Lipinski definition) is 2. The minimum Gasteiger partial charge on any atom is -0.371 e. The van der Waals surface area contributed by atoms with Gasteiger partial charge in [-0.15, -0.1) is 0 Å². The van der Waals surface area contributed by atoms with Crippen LogP contribution in [0.4, 0.5) is 11.4 Å². The molecule has 0 radical (unpaired) electrons. The summed E-state index contributed by atoms with van der Waals surface area (Å²) in [5.74, 6) is -0.0861. The second-order valence-electron chi connectivity index (χ2n) is 5.48. The summed E-state index contributed by atoms with van der Waals surface area (Å²) in [5, 5.41) is 2.92. The molecule has 0 saturated carbocycles. The van der Waals surface area contributed by atoms with E-state index < -0.39 is 6.04 Å². The molecule has 0 bridgehead atoms. The van der Waals surface area contributed by atoms with E-state index in [9.17, 15) is 4.79 Å². The van der Waals surface area contributed by atoms with Gasteiger partial charge in [0.05, 0.1) is 6.04 Å². The van der Waals surface area contributed by atoms with Crippen LogP contribution in [0.25, 0.3) is 0 Å². The van der Waals surface area contributed by atoms with Gasteiger partial charge in [0.1, 0.15) is 0 Å². The highest BCUT2D eigenvalue weighted by molar-refractivity contribution is 5.95. The molecule has 0 aliphatic carbocycles. The molecule has 4 nitrogen and oxygen atoms in total. The molecule has 1 amide bonds. The summed E-state index contributed by atoms with van der Waals surface area (Å²) in [4.78, 5) is 14.4. The van der Waals surface area contributed by atoms with Crippen molar-refractivity contribution in [2.45, 2.75) is 45.1 Å². The van der Waals surface area contributed by atoms with Crippen LogP contribution < -0.4 is 16.0 Å². The first kappa shape index (κ1) is 14.9. The minimum atomic E-state index is -0.412. The highest BCUT2D eigenvalue weighted by atomic mass is 16.2. The number of nitrogens with two attached hydrogens (primary N) is 1. The third kappa shape index (κ3) is 3.97. The molecule has 20 heavy (non-hydrogen) atoms. The number of rotatable bonds is 6. The van der Waals surface area contributed by atoms with Crippen LogP contribution in [0, 0.1) is 0 Å². The molecular weight excluding hydrogens is 250 g/mol. The lowest BCUT2D eigenvalue weighted by molar-refractivity contribution is -0.117. The summed E-state index contributed by atoms with van der Waals surface area (Å²) < 4.78 is 0. The van der Waals surface area contributed by atoms with Crippen molar-refractivity contribution < 1.29 is 4.79 Å². The van der Waals surface area contributed by atoms with E-state index in [2.05, 4.69) is 23.2 Å². The highest BCUT2D eigenvalue weighted by Gasteiger charge is 2.15. The number of amides is 1. The van der Waals surface area contributed by atoms with Gasteiger partial charge in [-0.25, -0.2) is 0 Å². The standard InChI is InChI=1S/C16H25N3O/c1-2-3-9-15(17)16(20)18-13-7-6-8-14(12-13)19-10-4-5-11-19/h6-8,12,15H,2-5,9-11,17H2,1H3,(H,18,20)/t15-/m0/s1. The third-order valence-corrected chi connectivity index (χ3v) is 3.79. The molecule has 1 aliphatic rings. The van der Waals surface area contributed by atoms with Crippen molar-refractivity contribution in [3.8, 4) is 0 Å². The zero-order valence-electron chi connectivity index (χ0n) is 12.3. The Labute approximate surface area is 121 Å². The van der Waals surface area contributed by atoms with E-state index in [-0.39, 0.29) is 5.91 Å². The lowest BCUT2D eigenvalue weighted by atomic mass is 10.1. The molecule has 1 aromatic rings. The summed E-state index contributed by atoms with van der Waals surface area (Å²) in [6.07, 6.45) is 5.29. The van der Waals surface area contributed by atoms with Crippen molar-refractivity contribution in [2.24, 2.45) is 5.73 Å². The number of unbranched alkanes of at least 4 members (excludes halogenated alkanes) is 1. The summed E-state index contributed by atoms with van der Waals surface area (Å²) in [7, 11) is 0. The lowest BCUT2D eigenvalue weighted by Crippen LogP contribution is -2.35. The van der Waals surface area contributed by atoms with Crippen LogP contribution in [-0.4, -0.2) is 25.0 Å². The molecule has 2 rings (SSSR count). The van der Waals surface area contributed by atoms with E-state index in [4.69, 9.17) is 5.73 Å². The van der Waals surface area contributed by atoms with Gasteiger partial charge >= 0.3 is 0 Å². The number of benzene rings is 1.